The number of allylic oxidation sites excluding steroid dienone is 4. The highest BCUT2D eigenvalue weighted by Crippen LogP contribution is 2.15. The third-order valence-corrected chi connectivity index (χ3v) is 5.11. The molecule has 0 fully saturated rings. The zero-order valence-electron chi connectivity index (χ0n) is 19.8. The third-order valence-electron chi connectivity index (χ3n) is 5.11. The Balaban J connectivity index is 3.85. The van der Waals surface area contributed by atoms with Gasteiger partial charge in [-0.3, -0.25) is 9.59 Å². The van der Waals surface area contributed by atoms with Crippen LogP contribution in [-0.2, 0) is 9.59 Å². The van der Waals surface area contributed by atoms with E-state index in [4.69, 9.17) is 0 Å². The van der Waals surface area contributed by atoms with Gasteiger partial charge in [-0.05, 0) is 38.5 Å². The van der Waals surface area contributed by atoms with Crippen LogP contribution in [0.5, 0.6) is 0 Å². The molecule has 0 aromatic rings. The summed E-state index contributed by atoms with van der Waals surface area (Å²) in [6.45, 7) is 2.46. The molecule has 0 heterocycles. The Kier molecular flexibility index (Phi) is 16.4. The summed E-state index contributed by atoms with van der Waals surface area (Å²) >= 11 is 0. The fourth-order valence-corrected chi connectivity index (χ4v) is 3.45. The summed E-state index contributed by atoms with van der Waals surface area (Å²) in [6, 6.07) is 0. The number of hydrogen-bond acceptors (Lipinski definition) is 3. The molecule has 0 aliphatic rings. The molecule has 0 saturated heterocycles. The normalized spacial score (nSPS) is 14.4. The molecule has 5 heteroatoms. The van der Waals surface area contributed by atoms with Gasteiger partial charge in [0.05, 0.1) is 21.1 Å². The van der Waals surface area contributed by atoms with E-state index < -0.39 is 18.0 Å². The first-order valence-corrected chi connectivity index (χ1v) is 11.7. The number of rotatable bonds is 19. The number of carboxylic acids is 1. The minimum atomic E-state index is -1.31. The van der Waals surface area contributed by atoms with Crippen LogP contribution < -0.4 is 0 Å². The van der Waals surface area contributed by atoms with Crippen LogP contribution in [0.15, 0.2) is 24.3 Å². The van der Waals surface area contributed by atoms with Crippen molar-refractivity contribution < 1.29 is 24.3 Å². The van der Waals surface area contributed by atoms with Gasteiger partial charge in [0.2, 0.25) is 0 Å². The first-order chi connectivity index (χ1) is 14.2. The van der Waals surface area contributed by atoms with Crippen molar-refractivity contribution in [3.05, 3.63) is 24.3 Å². The van der Waals surface area contributed by atoms with Crippen molar-refractivity contribution in [2.75, 3.05) is 27.7 Å². The Bertz CT molecular complexity index is 520. The molecular formula is C25H46NO4+. The van der Waals surface area contributed by atoms with Crippen LogP contribution in [-0.4, -0.2) is 60.2 Å². The Morgan fingerprint density at radius 3 is 1.90 bits per heavy atom. The summed E-state index contributed by atoms with van der Waals surface area (Å²) in [7, 11) is 5.60. The molecule has 2 unspecified atom stereocenters. The molecule has 0 amide bonds. The van der Waals surface area contributed by atoms with Crippen molar-refractivity contribution in [2.24, 2.45) is 5.92 Å². The van der Waals surface area contributed by atoms with Gasteiger partial charge in [0.25, 0.3) is 0 Å². The summed E-state index contributed by atoms with van der Waals surface area (Å²) in [4.78, 5) is 23.7. The van der Waals surface area contributed by atoms with Crippen molar-refractivity contribution in [3.63, 3.8) is 0 Å². The molecule has 0 aliphatic heterocycles. The molecule has 0 bridgehead atoms. The smallest absolute Gasteiger partial charge is 0.316 e. The van der Waals surface area contributed by atoms with Crippen molar-refractivity contribution in [2.45, 2.75) is 90.1 Å². The van der Waals surface area contributed by atoms with E-state index in [-0.39, 0.29) is 18.7 Å². The maximum atomic E-state index is 12.3. The highest BCUT2D eigenvalue weighted by Gasteiger charge is 2.36. The number of Topliss-reactive ketones (excluding diaryl/α,β-unsaturated/α-hetero) is 1. The van der Waals surface area contributed by atoms with Gasteiger partial charge < -0.3 is 14.7 Å². The van der Waals surface area contributed by atoms with E-state index in [1.807, 2.05) is 21.1 Å². The number of hydrogen-bond donors (Lipinski definition) is 2. The second kappa shape index (κ2) is 17.2. The topological polar surface area (TPSA) is 74.6 Å². The molecule has 0 saturated carbocycles. The number of aliphatic carboxylic acids is 1. The molecule has 174 valence electrons. The van der Waals surface area contributed by atoms with E-state index in [0.717, 1.165) is 38.5 Å². The van der Waals surface area contributed by atoms with Crippen molar-refractivity contribution >= 4 is 11.8 Å². The lowest BCUT2D eigenvalue weighted by molar-refractivity contribution is -0.873. The fourth-order valence-electron chi connectivity index (χ4n) is 3.45. The summed E-state index contributed by atoms with van der Waals surface area (Å²) in [6.07, 6.45) is 20.2. The van der Waals surface area contributed by atoms with Crippen LogP contribution in [0.1, 0.15) is 84.0 Å². The van der Waals surface area contributed by atoms with Crippen LogP contribution in [0, 0.1) is 5.92 Å². The molecule has 0 spiro atoms. The van der Waals surface area contributed by atoms with Gasteiger partial charge in [0, 0.05) is 6.42 Å². The quantitative estimate of drug-likeness (QED) is 0.130. The molecule has 5 nitrogen and oxygen atoms in total. The highest BCUT2D eigenvalue weighted by molar-refractivity contribution is 5.98. The zero-order valence-corrected chi connectivity index (χ0v) is 19.8. The maximum Gasteiger partial charge on any atom is 0.316 e. The molecule has 0 aliphatic carbocycles. The van der Waals surface area contributed by atoms with Crippen molar-refractivity contribution in [1.29, 1.82) is 0 Å². The van der Waals surface area contributed by atoms with Crippen molar-refractivity contribution in [1.82, 2.24) is 0 Å². The molecule has 0 radical (unpaired) electrons. The number of likely N-dealkylation sites (N-methyl/N-ethyl adjacent to an activating group) is 1. The lowest BCUT2D eigenvalue weighted by atomic mass is 9.93. The Morgan fingerprint density at radius 1 is 0.833 bits per heavy atom. The summed E-state index contributed by atoms with van der Waals surface area (Å²) in [5.41, 5.74) is 0. The molecule has 0 rings (SSSR count). The van der Waals surface area contributed by atoms with Crippen LogP contribution in [0.3, 0.4) is 0 Å². The SMILES string of the molecule is CCCCC/C=C\C/C=C\CCCCCCCC(=O)C(C(=O)O)C(O)C[N+](C)(C)C. The lowest BCUT2D eigenvalue weighted by Crippen LogP contribution is -2.47. The largest absolute Gasteiger partial charge is 0.481 e. The molecule has 2 N–H and O–H groups in total. The second-order valence-corrected chi connectivity index (χ2v) is 9.30. The average molecular weight is 425 g/mol. The van der Waals surface area contributed by atoms with Crippen LogP contribution in [0.2, 0.25) is 0 Å². The predicted octanol–water partition coefficient (Wildman–Crippen LogP) is 5.14. The van der Waals surface area contributed by atoms with Crippen LogP contribution in [0.4, 0.5) is 0 Å². The van der Waals surface area contributed by atoms with E-state index in [2.05, 4.69) is 31.2 Å². The third kappa shape index (κ3) is 16.3. The molecular weight excluding hydrogens is 378 g/mol. The van der Waals surface area contributed by atoms with E-state index in [1.54, 1.807) is 0 Å². The Hall–Kier alpha value is -1.46. The highest BCUT2D eigenvalue weighted by atomic mass is 16.4. The van der Waals surface area contributed by atoms with Gasteiger partial charge in [-0.25, -0.2) is 0 Å². The van der Waals surface area contributed by atoms with Gasteiger partial charge in [0.15, 0.2) is 0 Å². The first kappa shape index (κ1) is 28.5. The summed E-state index contributed by atoms with van der Waals surface area (Å²) in [5.74, 6) is -2.88. The molecule has 2 atom stereocenters. The maximum absolute atomic E-state index is 12.3. The minimum absolute atomic E-state index is 0.232. The summed E-state index contributed by atoms with van der Waals surface area (Å²) < 4.78 is 0.419. The Morgan fingerprint density at radius 2 is 1.37 bits per heavy atom. The zero-order chi connectivity index (χ0) is 22.8. The number of carbonyl (C=O) groups excluding carboxylic acids is 1. The number of quaternary nitrogens is 1. The van der Waals surface area contributed by atoms with E-state index in [0.29, 0.717) is 10.9 Å². The van der Waals surface area contributed by atoms with Gasteiger partial charge >= 0.3 is 5.97 Å². The average Bonchev–Trinajstić information content (AvgIpc) is 2.63. The Labute approximate surface area is 184 Å². The monoisotopic (exact) mass is 424 g/mol. The minimum Gasteiger partial charge on any atom is -0.481 e. The van der Waals surface area contributed by atoms with E-state index in [1.165, 1.54) is 25.7 Å². The fraction of sp³-hybridized carbons (Fsp3) is 0.760. The number of nitrogens with zero attached hydrogens (tertiary/aromatic N) is 1. The number of aliphatic hydroxyl groups is 1. The number of ketones is 1. The number of carboxylic acid groups (broad SMARTS) is 1. The number of carbonyl (C=O) groups is 2. The van der Waals surface area contributed by atoms with E-state index in [9.17, 15) is 19.8 Å². The number of aliphatic hydroxyl groups excluding tert-OH is 1. The molecule has 0 aromatic carbocycles. The molecule has 30 heavy (non-hydrogen) atoms. The van der Waals surface area contributed by atoms with Gasteiger partial charge in [-0.15, -0.1) is 0 Å². The lowest BCUT2D eigenvalue weighted by Gasteiger charge is -2.28. The van der Waals surface area contributed by atoms with Gasteiger partial charge in [-0.2, -0.15) is 0 Å². The van der Waals surface area contributed by atoms with Gasteiger partial charge in [0.1, 0.15) is 24.3 Å². The van der Waals surface area contributed by atoms with Crippen LogP contribution in [0.25, 0.3) is 0 Å². The van der Waals surface area contributed by atoms with Crippen molar-refractivity contribution in [3.8, 4) is 0 Å². The second-order valence-electron chi connectivity index (χ2n) is 9.30. The molecule has 0 aromatic heterocycles. The summed E-state index contributed by atoms with van der Waals surface area (Å²) in [5, 5.41) is 19.5. The van der Waals surface area contributed by atoms with Gasteiger partial charge in [-0.1, -0.05) is 63.3 Å². The van der Waals surface area contributed by atoms with E-state index >= 15 is 0 Å². The standard InChI is InChI=1S/C25H45NO4/c1-5-6-7-8-9-10-11-12-13-14-15-16-17-18-19-20-22(27)24(25(29)30)23(28)21-26(2,3)4/h9-10,12-13,23-24,28H,5-8,11,14-21H2,1-4H3/p+1/b10-9-,13-12-. The number of unbranched alkanes of at least 4 members (excludes halogenated alkanes) is 8. The first-order valence-electron chi connectivity index (χ1n) is 11.7. The van der Waals surface area contributed by atoms with Crippen LogP contribution >= 0.6 is 0 Å². The predicted molar refractivity (Wildman–Crippen MR) is 124 cm³/mol.